The molecule has 0 atom stereocenters. The maximum absolute atomic E-state index is 13.5. The SMILES string of the molecule is O=C(Cc1ccc(F)cc1F)c1cccc(OC(F)F)c1. The molecule has 6 heteroatoms. The highest BCUT2D eigenvalue weighted by atomic mass is 19.3. The average molecular weight is 298 g/mol. The van der Waals surface area contributed by atoms with Gasteiger partial charge in [0.2, 0.25) is 0 Å². The third-order valence-electron chi connectivity index (χ3n) is 2.75. The Morgan fingerprint density at radius 2 is 1.86 bits per heavy atom. The zero-order valence-electron chi connectivity index (χ0n) is 10.7. The van der Waals surface area contributed by atoms with E-state index >= 15 is 0 Å². The summed E-state index contributed by atoms with van der Waals surface area (Å²) in [6.45, 7) is -3.00. The fraction of sp³-hybridized carbons (Fsp3) is 0.133. The van der Waals surface area contributed by atoms with E-state index in [0.717, 1.165) is 12.1 Å². The van der Waals surface area contributed by atoms with Gasteiger partial charge in [-0.1, -0.05) is 18.2 Å². The minimum atomic E-state index is -3.00. The second-order valence-electron chi connectivity index (χ2n) is 4.24. The minimum Gasteiger partial charge on any atom is -0.435 e. The van der Waals surface area contributed by atoms with E-state index in [-0.39, 0.29) is 23.3 Å². The summed E-state index contributed by atoms with van der Waals surface area (Å²) in [4.78, 5) is 12.0. The van der Waals surface area contributed by atoms with Crippen molar-refractivity contribution in [2.24, 2.45) is 0 Å². The Balaban J connectivity index is 2.16. The zero-order chi connectivity index (χ0) is 15.4. The van der Waals surface area contributed by atoms with Crippen LogP contribution in [-0.2, 0) is 6.42 Å². The van der Waals surface area contributed by atoms with Gasteiger partial charge in [0.15, 0.2) is 5.78 Å². The first-order chi connectivity index (χ1) is 9.95. The van der Waals surface area contributed by atoms with Crippen molar-refractivity contribution in [1.29, 1.82) is 0 Å². The molecular weight excluding hydrogens is 288 g/mol. The molecule has 2 aromatic rings. The summed E-state index contributed by atoms with van der Waals surface area (Å²) in [6.07, 6.45) is -0.301. The summed E-state index contributed by atoms with van der Waals surface area (Å²) in [5.74, 6) is -2.21. The Morgan fingerprint density at radius 1 is 1.10 bits per heavy atom. The summed E-state index contributed by atoms with van der Waals surface area (Å²) in [5, 5.41) is 0. The lowest BCUT2D eigenvalue weighted by molar-refractivity contribution is -0.0498. The minimum absolute atomic E-state index is 0.0292. The smallest absolute Gasteiger partial charge is 0.387 e. The quantitative estimate of drug-likeness (QED) is 0.616. The fourth-order valence-electron chi connectivity index (χ4n) is 1.79. The van der Waals surface area contributed by atoms with Gasteiger partial charge in [-0.25, -0.2) is 8.78 Å². The number of carbonyl (C=O) groups is 1. The first-order valence-corrected chi connectivity index (χ1v) is 5.97. The van der Waals surface area contributed by atoms with Crippen LogP contribution in [0.1, 0.15) is 15.9 Å². The van der Waals surface area contributed by atoms with Gasteiger partial charge in [-0.2, -0.15) is 8.78 Å². The third-order valence-corrected chi connectivity index (χ3v) is 2.75. The van der Waals surface area contributed by atoms with Gasteiger partial charge >= 0.3 is 6.61 Å². The number of ketones is 1. The van der Waals surface area contributed by atoms with Crippen molar-refractivity contribution in [3.63, 3.8) is 0 Å². The molecule has 21 heavy (non-hydrogen) atoms. The van der Waals surface area contributed by atoms with Crippen molar-refractivity contribution in [2.75, 3.05) is 0 Å². The molecule has 0 spiro atoms. The summed E-state index contributed by atoms with van der Waals surface area (Å²) in [6, 6.07) is 8.11. The molecule has 0 N–H and O–H groups in total. The van der Waals surface area contributed by atoms with Crippen LogP contribution in [0.25, 0.3) is 0 Å². The number of ether oxygens (including phenoxy) is 1. The molecule has 0 aliphatic rings. The van der Waals surface area contributed by atoms with E-state index in [1.54, 1.807) is 0 Å². The lowest BCUT2D eigenvalue weighted by Crippen LogP contribution is -2.07. The molecule has 0 unspecified atom stereocenters. The topological polar surface area (TPSA) is 26.3 Å². The van der Waals surface area contributed by atoms with Crippen LogP contribution in [0.2, 0.25) is 0 Å². The highest BCUT2D eigenvalue weighted by Crippen LogP contribution is 2.18. The molecule has 0 saturated carbocycles. The van der Waals surface area contributed by atoms with Crippen molar-refractivity contribution in [2.45, 2.75) is 13.0 Å². The predicted molar refractivity (Wildman–Crippen MR) is 67.5 cm³/mol. The van der Waals surface area contributed by atoms with E-state index in [1.165, 1.54) is 24.3 Å². The number of hydrogen-bond acceptors (Lipinski definition) is 2. The number of hydrogen-bond donors (Lipinski definition) is 0. The van der Waals surface area contributed by atoms with E-state index in [0.29, 0.717) is 6.07 Å². The Bertz CT molecular complexity index is 656. The van der Waals surface area contributed by atoms with Crippen LogP contribution >= 0.6 is 0 Å². The summed E-state index contributed by atoms with van der Waals surface area (Å²) in [7, 11) is 0. The molecule has 0 aromatic heterocycles. The van der Waals surface area contributed by atoms with Gasteiger partial charge < -0.3 is 4.74 Å². The maximum Gasteiger partial charge on any atom is 0.387 e. The lowest BCUT2D eigenvalue weighted by Gasteiger charge is -2.07. The van der Waals surface area contributed by atoms with Gasteiger partial charge in [-0.05, 0) is 23.8 Å². The van der Waals surface area contributed by atoms with Crippen LogP contribution in [0.3, 0.4) is 0 Å². The fourth-order valence-corrected chi connectivity index (χ4v) is 1.79. The van der Waals surface area contributed by atoms with Gasteiger partial charge in [-0.3, -0.25) is 4.79 Å². The Kier molecular flexibility index (Phi) is 4.57. The highest BCUT2D eigenvalue weighted by molar-refractivity contribution is 5.97. The molecule has 0 bridgehead atoms. The van der Waals surface area contributed by atoms with E-state index < -0.39 is 24.0 Å². The molecule has 0 fully saturated rings. The lowest BCUT2D eigenvalue weighted by atomic mass is 10.0. The molecular formula is C15H10F4O2. The number of rotatable bonds is 5. The van der Waals surface area contributed by atoms with Crippen molar-refractivity contribution >= 4 is 5.78 Å². The Labute approximate surface area is 118 Å². The number of benzene rings is 2. The van der Waals surface area contributed by atoms with Gasteiger partial charge in [0.1, 0.15) is 17.4 Å². The molecule has 0 radical (unpaired) electrons. The second-order valence-corrected chi connectivity index (χ2v) is 4.24. The second kappa shape index (κ2) is 6.39. The Hall–Kier alpha value is -2.37. The number of halogens is 4. The average Bonchev–Trinajstić information content (AvgIpc) is 2.41. The molecule has 0 heterocycles. The van der Waals surface area contributed by atoms with E-state index in [4.69, 9.17) is 0 Å². The number of alkyl halides is 2. The van der Waals surface area contributed by atoms with Crippen LogP contribution < -0.4 is 4.74 Å². The number of Topliss-reactive ketones (excluding diaryl/α,β-unsaturated/α-hetero) is 1. The van der Waals surface area contributed by atoms with E-state index in [2.05, 4.69) is 4.74 Å². The van der Waals surface area contributed by atoms with Crippen LogP contribution in [0.4, 0.5) is 17.6 Å². The van der Waals surface area contributed by atoms with Gasteiger partial charge in [0, 0.05) is 18.1 Å². The molecule has 2 rings (SSSR count). The van der Waals surface area contributed by atoms with Crippen LogP contribution in [0.5, 0.6) is 5.75 Å². The zero-order valence-corrected chi connectivity index (χ0v) is 10.7. The van der Waals surface area contributed by atoms with Crippen molar-refractivity contribution in [1.82, 2.24) is 0 Å². The monoisotopic (exact) mass is 298 g/mol. The largest absolute Gasteiger partial charge is 0.435 e. The molecule has 2 nitrogen and oxygen atoms in total. The molecule has 0 aliphatic carbocycles. The maximum atomic E-state index is 13.5. The summed E-state index contributed by atoms with van der Waals surface area (Å²) in [5.41, 5.74) is 0.137. The molecule has 0 amide bonds. The van der Waals surface area contributed by atoms with Gasteiger partial charge in [-0.15, -0.1) is 0 Å². The molecule has 0 saturated heterocycles. The summed E-state index contributed by atoms with van der Waals surface area (Å²) < 4.78 is 54.6. The van der Waals surface area contributed by atoms with Gasteiger partial charge in [0.05, 0.1) is 0 Å². The van der Waals surface area contributed by atoms with Crippen molar-refractivity contribution in [3.05, 3.63) is 65.2 Å². The normalized spacial score (nSPS) is 10.7. The molecule has 2 aromatic carbocycles. The first-order valence-electron chi connectivity index (χ1n) is 5.97. The summed E-state index contributed by atoms with van der Waals surface area (Å²) >= 11 is 0. The highest BCUT2D eigenvalue weighted by Gasteiger charge is 2.13. The predicted octanol–water partition coefficient (Wildman–Crippen LogP) is 3.99. The van der Waals surface area contributed by atoms with Crippen LogP contribution in [0.15, 0.2) is 42.5 Å². The molecule has 0 aliphatic heterocycles. The molecule has 110 valence electrons. The van der Waals surface area contributed by atoms with Crippen LogP contribution in [0, 0.1) is 11.6 Å². The van der Waals surface area contributed by atoms with Crippen molar-refractivity contribution < 1.29 is 27.1 Å². The van der Waals surface area contributed by atoms with Crippen LogP contribution in [-0.4, -0.2) is 12.4 Å². The van der Waals surface area contributed by atoms with Gasteiger partial charge in [0.25, 0.3) is 0 Å². The Morgan fingerprint density at radius 3 is 2.52 bits per heavy atom. The van der Waals surface area contributed by atoms with E-state index in [1.807, 2.05) is 0 Å². The third kappa shape index (κ3) is 4.05. The van der Waals surface area contributed by atoms with E-state index in [9.17, 15) is 22.4 Å². The van der Waals surface area contributed by atoms with Crippen molar-refractivity contribution in [3.8, 4) is 5.75 Å². The standard InChI is InChI=1S/C15H10F4O2/c16-11-5-4-9(13(17)8-11)7-14(20)10-2-1-3-12(6-10)21-15(18)19/h1-6,8,15H,7H2. The number of carbonyl (C=O) groups excluding carboxylic acids is 1. The first kappa shape index (κ1) is 15.0.